The number of carbonyl (C=O) groups excluding carboxylic acids is 3. The second kappa shape index (κ2) is 8.29. The third-order valence-electron chi connectivity index (χ3n) is 3.28. The van der Waals surface area contributed by atoms with E-state index in [1.165, 1.54) is 13.0 Å². The summed E-state index contributed by atoms with van der Waals surface area (Å²) >= 11 is 1.15. The van der Waals surface area contributed by atoms with Gasteiger partial charge >= 0.3 is 5.97 Å². The molecule has 0 spiro atoms. The van der Waals surface area contributed by atoms with Crippen molar-refractivity contribution in [1.29, 1.82) is 0 Å². The molecule has 1 aromatic heterocycles. The van der Waals surface area contributed by atoms with Crippen LogP contribution in [0.4, 0.5) is 5.00 Å². The number of esters is 1. The number of hydrogen-bond donors (Lipinski definition) is 2. The first-order valence-corrected chi connectivity index (χ1v) is 8.32. The number of para-hydroxylation sites is 1. The van der Waals surface area contributed by atoms with Gasteiger partial charge in [-0.2, -0.15) is 0 Å². The van der Waals surface area contributed by atoms with Crippen molar-refractivity contribution < 1.29 is 23.9 Å². The van der Waals surface area contributed by atoms with Gasteiger partial charge in [0.2, 0.25) is 0 Å². The molecule has 8 heteroatoms. The lowest BCUT2D eigenvalue weighted by Crippen LogP contribution is -2.32. The number of hydrogen-bond acceptors (Lipinski definition) is 6. The van der Waals surface area contributed by atoms with Crippen molar-refractivity contribution in [3.63, 3.8) is 0 Å². The van der Waals surface area contributed by atoms with E-state index in [4.69, 9.17) is 15.2 Å². The Morgan fingerprint density at radius 3 is 2.64 bits per heavy atom. The van der Waals surface area contributed by atoms with E-state index in [0.29, 0.717) is 10.8 Å². The molecule has 2 aromatic rings. The summed E-state index contributed by atoms with van der Waals surface area (Å²) in [5, 5.41) is 4.46. The van der Waals surface area contributed by atoms with Gasteiger partial charge in [-0.15, -0.1) is 11.3 Å². The average Bonchev–Trinajstić information content (AvgIpc) is 3.02. The van der Waals surface area contributed by atoms with Gasteiger partial charge in [0.1, 0.15) is 10.8 Å². The fraction of sp³-hybridized carbons (Fsp3) is 0.235. The van der Waals surface area contributed by atoms with Crippen LogP contribution in [0.2, 0.25) is 0 Å². The van der Waals surface area contributed by atoms with Crippen molar-refractivity contribution in [2.75, 3.05) is 11.9 Å². The summed E-state index contributed by atoms with van der Waals surface area (Å²) in [6, 6.07) is 8.75. The lowest BCUT2D eigenvalue weighted by molar-refractivity contribution is -0.155. The molecule has 1 unspecified atom stereocenters. The first-order chi connectivity index (χ1) is 11.9. The van der Waals surface area contributed by atoms with Crippen LogP contribution in [0.5, 0.6) is 5.75 Å². The minimum Gasteiger partial charge on any atom is -0.482 e. The number of thiophene rings is 1. The maximum absolute atomic E-state index is 12.1. The minimum atomic E-state index is -1.05. The van der Waals surface area contributed by atoms with E-state index in [2.05, 4.69) is 5.32 Å². The molecule has 25 heavy (non-hydrogen) atoms. The Balaban J connectivity index is 1.86. The maximum atomic E-state index is 12.1. The van der Waals surface area contributed by atoms with E-state index in [-0.39, 0.29) is 12.2 Å². The van der Waals surface area contributed by atoms with Crippen molar-refractivity contribution in [1.82, 2.24) is 0 Å². The zero-order valence-corrected chi connectivity index (χ0v) is 14.6. The molecule has 1 aromatic carbocycles. The van der Waals surface area contributed by atoms with Gasteiger partial charge in [0.15, 0.2) is 12.7 Å². The number of primary amides is 1. The number of anilines is 1. The molecular weight excluding hydrogens is 344 g/mol. The molecule has 7 nitrogen and oxygen atoms in total. The Kier molecular flexibility index (Phi) is 6.13. The predicted octanol–water partition coefficient (Wildman–Crippen LogP) is 2.10. The monoisotopic (exact) mass is 362 g/mol. The highest BCUT2D eigenvalue weighted by Gasteiger charge is 2.21. The molecule has 0 saturated heterocycles. The molecule has 2 amide bonds. The number of ether oxygens (including phenoxy) is 2. The Morgan fingerprint density at radius 2 is 1.96 bits per heavy atom. The summed E-state index contributed by atoms with van der Waals surface area (Å²) in [4.78, 5) is 35.1. The van der Waals surface area contributed by atoms with Gasteiger partial charge in [0, 0.05) is 0 Å². The number of carbonyl (C=O) groups is 3. The van der Waals surface area contributed by atoms with E-state index >= 15 is 0 Å². The molecule has 0 saturated carbocycles. The van der Waals surface area contributed by atoms with Crippen LogP contribution in [0.15, 0.2) is 35.7 Å². The summed E-state index contributed by atoms with van der Waals surface area (Å²) in [5.74, 6) is -1.31. The smallest absolute Gasteiger partial charge is 0.344 e. The SMILES string of the molecule is Cc1ccccc1OCC(=O)OC(C)C(=O)Nc1sccc1C(N)=O. The molecule has 132 valence electrons. The first kappa shape index (κ1) is 18.5. The second-order valence-electron chi connectivity index (χ2n) is 5.20. The molecule has 0 fully saturated rings. The largest absolute Gasteiger partial charge is 0.482 e. The Hall–Kier alpha value is -2.87. The van der Waals surface area contributed by atoms with Gasteiger partial charge in [-0.1, -0.05) is 18.2 Å². The number of nitrogens with one attached hydrogen (secondary N) is 1. The maximum Gasteiger partial charge on any atom is 0.344 e. The number of rotatable bonds is 7. The third-order valence-corrected chi connectivity index (χ3v) is 4.11. The summed E-state index contributed by atoms with van der Waals surface area (Å²) in [6.07, 6.45) is -1.05. The van der Waals surface area contributed by atoms with Crippen molar-refractivity contribution in [3.05, 3.63) is 46.8 Å². The highest BCUT2D eigenvalue weighted by atomic mass is 32.1. The van der Waals surface area contributed by atoms with Crippen LogP contribution in [0.25, 0.3) is 0 Å². The van der Waals surface area contributed by atoms with Crippen molar-refractivity contribution in [3.8, 4) is 5.75 Å². The summed E-state index contributed by atoms with van der Waals surface area (Å²) in [5.41, 5.74) is 6.31. The average molecular weight is 362 g/mol. The van der Waals surface area contributed by atoms with E-state index in [1.807, 2.05) is 19.1 Å². The Bertz CT molecular complexity index is 787. The zero-order valence-electron chi connectivity index (χ0n) is 13.8. The predicted molar refractivity (Wildman–Crippen MR) is 93.7 cm³/mol. The van der Waals surface area contributed by atoms with Gasteiger partial charge in [-0.3, -0.25) is 9.59 Å². The van der Waals surface area contributed by atoms with Crippen LogP contribution in [0.1, 0.15) is 22.8 Å². The van der Waals surface area contributed by atoms with Gasteiger partial charge in [-0.05, 0) is 36.9 Å². The van der Waals surface area contributed by atoms with Crippen LogP contribution >= 0.6 is 11.3 Å². The number of benzene rings is 1. The summed E-state index contributed by atoms with van der Waals surface area (Å²) < 4.78 is 10.4. The molecule has 2 rings (SSSR count). The molecule has 3 N–H and O–H groups in total. The molecule has 1 heterocycles. The minimum absolute atomic E-state index is 0.208. The highest BCUT2D eigenvalue weighted by Crippen LogP contribution is 2.23. The summed E-state index contributed by atoms with van der Waals surface area (Å²) in [6.45, 7) is 2.97. The first-order valence-electron chi connectivity index (χ1n) is 7.44. The fourth-order valence-electron chi connectivity index (χ4n) is 1.95. The van der Waals surface area contributed by atoms with Gasteiger partial charge in [-0.25, -0.2) is 4.79 Å². The molecule has 0 bridgehead atoms. The van der Waals surface area contributed by atoms with Crippen molar-refractivity contribution in [2.45, 2.75) is 20.0 Å². The lowest BCUT2D eigenvalue weighted by Gasteiger charge is -2.14. The Morgan fingerprint density at radius 1 is 1.24 bits per heavy atom. The standard InChI is InChI=1S/C17H18N2O5S/c1-10-5-3-4-6-13(10)23-9-14(20)24-11(2)16(22)19-17-12(15(18)21)7-8-25-17/h3-8,11H,9H2,1-2H3,(H2,18,21)(H,19,22). The second-order valence-corrected chi connectivity index (χ2v) is 6.12. The Labute approximate surface area is 148 Å². The van der Waals surface area contributed by atoms with Gasteiger partial charge in [0.05, 0.1) is 5.56 Å². The van der Waals surface area contributed by atoms with E-state index in [9.17, 15) is 14.4 Å². The van der Waals surface area contributed by atoms with Gasteiger partial charge in [0.25, 0.3) is 11.8 Å². The molecule has 0 aliphatic carbocycles. The lowest BCUT2D eigenvalue weighted by atomic mass is 10.2. The highest BCUT2D eigenvalue weighted by molar-refractivity contribution is 7.14. The quantitative estimate of drug-likeness (QED) is 0.734. The zero-order chi connectivity index (χ0) is 18.4. The van der Waals surface area contributed by atoms with Gasteiger partial charge < -0.3 is 20.5 Å². The van der Waals surface area contributed by atoms with E-state index in [1.54, 1.807) is 17.5 Å². The van der Waals surface area contributed by atoms with E-state index < -0.39 is 23.9 Å². The van der Waals surface area contributed by atoms with Crippen LogP contribution in [-0.2, 0) is 14.3 Å². The fourth-order valence-corrected chi connectivity index (χ4v) is 2.75. The molecule has 1 atom stereocenters. The van der Waals surface area contributed by atoms with E-state index in [0.717, 1.165) is 16.9 Å². The molecular formula is C17H18N2O5S. The molecule has 0 radical (unpaired) electrons. The number of aryl methyl sites for hydroxylation is 1. The van der Waals surface area contributed by atoms with Crippen LogP contribution in [0, 0.1) is 6.92 Å². The molecule has 0 aliphatic rings. The number of nitrogens with two attached hydrogens (primary N) is 1. The normalized spacial score (nSPS) is 11.4. The van der Waals surface area contributed by atoms with Crippen molar-refractivity contribution in [2.24, 2.45) is 5.73 Å². The van der Waals surface area contributed by atoms with Crippen molar-refractivity contribution >= 4 is 34.1 Å². The van der Waals surface area contributed by atoms with Crippen LogP contribution in [-0.4, -0.2) is 30.5 Å². The van der Waals surface area contributed by atoms with Crippen LogP contribution < -0.4 is 15.8 Å². The van der Waals surface area contributed by atoms with Crippen LogP contribution in [0.3, 0.4) is 0 Å². The molecule has 0 aliphatic heterocycles. The number of amides is 2. The summed E-state index contributed by atoms with van der Waals surface area (Å²) in [7, 11) is 0. The third kappa shape index (κ3) is 5.05. The topological polar surface area (TPSA) is 108 Å².